The Hall–Kier alpha value is -2.86. The predicted octanol–water partition coefficient (Wildman–Crippen LogP) is 3.26. The minimum Gasteiger partial charge on any atom is -0.383 e. The van der Waals surface area contributed by atoms with Crippen LogP contribution >= 0.6 is 11.6 Å². The second kappa shape index (κ2) is 7.64. The Morgan fingerprint density at radius 3 is 2.43 bits per heavy atom. The summed E-state index contributed by atoms with van der Waals surface area (Å²) in [5.74, 6) is 0.663. The van der Waals surface area contributed by atoms with Crippen LogP contribution in [-0.2, 0) is 0 Å². The van der Waals surface area contributed by atoms with E-state index in [9.17, 15) is 4.79 Å². The summed E-state index contributed by atoms with van der Waals surface area (Å²) >= 11 is 6.95. The zero-order valence-electron chi connectivity index (χ0n) is 17.1. The fourth-order valence-corrected chi connectivity index (χ4v) is 3.76. The van der Waals surface area contributed by atoms with Crippen molar-refractivity contribution in [3.05, 3.63) is 46.7 Å². The zero-order valence-corrected chi connectivity index (χ0v) is 17.8. The number of aldehydes is 1. The van der Waals surface area contributed by atoms with Crippen LogP contribution in [0.25, 0.3) is 22.0 Å². The van der Waals surface area contributed by atoms with Crippen LogP contribution in [0.4, 0.5) is 5.95 Å². The van der Waals surface area contributed by atoms with Gasteiger partial charge in [-0.25, -0.2) is 9.56 Å². The van der Waals surface area contributed by atoms with E-state index in [1.54, 1.807) is 0 Å². The summed E-state index contributed by atoms with van der Waals surface area (Å²) in [6.45, 7) is 0. The highest BCUT2D eigenvalue weighted by Crippen LogP contribution is 2.38. The van der Waals surface area contributed by atoms with Crippen molar-refractivity contribution in [2.75, 3.05) is 47.2 Å². The van der Waals surface area contributed by atoms with Gasteiger partial charge in [0.1, 0.15) is 19.8 Å². The maximum Gasteiger partial charge on any atom is 0.210 e. The van der Waals surface area contributed by atoms with E-state index in [-0.39, 0.29) is 0 Å². The Balaban J connectivity index is 2.59. The van der Waals surface area contributed by atoms with Gasteiger partial charge in [-0.15, -0.1) is 0 Å². The largest absolute Gasteiger partial charge is 0.383 e. The SMILES string of the molecule is CN(C)/C=C(\C=[N+](C)C)c1c(Cl)c2c(C=O)nc(N(C)C)n2c2ccccc12. The van der Waals surface area contributed by atoms with Gasteiger partial charge in [0.2, 0.25) is 5.95 Å². The van der Waals surface area contributed by atoms with Crippen molar-refractivity contribution >= 4 is 52.0 Å². The molecule has 2 aromatic heterocycles. The number of carbonyl (C=O) groups excluding carboxylic acids is 1. The van der Waals surface area contributed by atoms with E-state index in [0.29, 0.717) is 22.2 Å². The van der Waals surface area contributed by atoms with Crippen molar-refractivity contribution < 1.29 is 9.37 Å². The second-order valence-electron chi connectivity index (χ2n) is 7.34. The number of carbonyl (C=O) groups is 1. The first-order valence-corrected chi connectivity index (χ1v) is 9.29. The summed E-state index contributed by atoms with van der Waals surface area (Å²) in [6, 6.07) is 8.03. The number of halogens is 1. The predicted molar refractivity (Wildman–Crippen MR) is 117 cm³/mol. The number of nitrogens with zero attached hydrogens (tertiary/aromatic N) is 5. The van der Waals surface area contributed by atoms with Gasteiger partial charge in [0.05, 0.1) is 21.6 Å². The number of rotatable bonds is 5. The van der Waals surface area contributed by atoms with E-state index < -0.39 is 0 Å². The first-order valence-electron chi connectivity index (χ1n) is 8.91. The number of hydrogen-bond acceptors (Lipinski definition) is 4. The molecule has 0 spiro atoms. The van der Waals surface area contributed by atoms with E-state index in [0.717, 1.165) is 28.3 Å². The minimum absolute atomic E-state index is 0.328. The Morgan fingerprint density at radius 1 is 1.18 bits per heavy atom. The van der Waals surface area contributed by atoms with Crippen LogP contribution in [0.3, 0.4) is 0 Å². The van der Waals surface area contributed by atoms with E-state index in [4.69, 9.17) is 11.6 Å². The molecule has 0 aliphatic heterocycles. The third kappa shape index (κ3) is 3.36. The molecule has 1 aromatic carbocycles. The summed E-state index contributed by atoms with van der Waals surface area (Å²) in [5.41, 5.74) is 3.71. The average molecular weight is 399 g/mol. The van der Waals surface area contributed by atoms with Crippen LogP contribution < -0.4 is 4.90 Å². The van der Waals surface area contributed by atoms with Crippen molar-refractivity contribution in [3.63, 3.8) is 0 Å². The molecule has 0 aliphatic carbocycles. The summed E-state index contributed by atoms with van der Waals surface area (Å²) in [4.78, 5) is 20.2. The maximum atomic E-state index is 11.8. The van der Waals surface area contributed by atoms with Crippen molar-refractivity contribution in [1.82, 2.24) is 14.3 Å². The molecule has 3 aromatic rings. The molecule has 0 N–H and O–H groups in total. The molecule has 0 amide bonds. The van der Waals surface area contributed by atoms with Crippen LogP contribution in [-0.4, -0.2) is 73.6 Å². The summed E-state index contributed by atoms with van der Waals surface area (Å²) in [6.07, 6.45) is 4.81. The van der Waals surface area contributed by atoms with Crippen molar-refractivity contribution in [2.24, 2.45) is 0 Å². The Bertz CT molecular complexity index is 1120. The number of benzene rings is 1. The lowest BCUT2D eigenvalue weighted by Gasteiger charge is -2.17. The van der Waals surface area contributed by atoms with Crippen molar-refractivity contribution in [1.29, 1.82) is 0 Å². The number of fused-ring (bicyclic) bond motifs is 3. The van der Waals surface area contributed by atoms with Crippen LogP contribution in [0, 0.1) is 0 Å². The summed E-state index contributed by atoms with van der Waals surface area (Å²) in [7, 11) is 11.7. The average Bonchev–Trinajstić information content (AvgIpc) is 3.01. The number of para-hydroxylation sites is 1. The number of pyridine rings is 1. The molecule has 0 saturated carbocycles. The fourth-order valence-electron chi connectivity index (χ4n) is 3.36. The minimum atomic E-state index is 0.328. The molecule has 28 heavy (non-hydrogen) atoms. The van der Waals surface area contributed by atoms with Gasteiger partial charge in [-0.3, -0.25) is 9.20 Å². The lowest BCUT2D eigenvalue weighted by molar-refractivity contribution is -0.458. The third-order valence-corrected chi connectivity index (χ3v) is 4.69. The number of allylic oxidation sites excluding steroid dienone is 1. The molecule has 0 fully saturated rings. The normalized spacial score (nSPS) is 11.8. The number of imidazole rings is 1. The van der Waals surface area contributed by atoms with Gasteiger partial charge in [0.25, 0.3) is 0 Å². The molecule has 6 nitrogen and oxygen atoms in total. The van der Waals surface area contributed by atoms with E-state index in [1.807, 2.05) is 97.7 Å². The first kappa shape index (κ1) is 19.9. The second-order valence-corrected chi connectivity index (χ2v) is 7.72. The molecule has 0 saturated heterocycles. The zero-order chi connectivity index (χ0) is 20.6. The van der Waals surface area contributed by atoms with Crippen LogP contribution in [0.5, 0.6) is 0 Å². The van der Waals surface area contributed by atoms with E-state index in [2.05, 4.69) is 4.98 Å². The lowest BCUT2D eigenvalue weighted by Crippen LogP contribution is -2.13. The highest BCUT2D eigenvalue weighted by atomic mass is 35.5. The van der Waals surface area contributed by atoms with Crippen molar-refractivity contribution in [2.45, 2.75) is 0 Å². The quantitative estimate of drug-likeness (QED) is 0.376. The van der Waals surface area contributed by atoms with Crippen molar-refractivity contribution in [3.8, 4) is 0 Å². The smallest absolute Gasteiger partial charge is 0.210 e. The number of hydrogen-bond donors (Lipinski definition) is 0. The fraction of sp³-hybridized carbons (Fsp3) is 0.286. The van der Waals surface area contributed by atoms with E-state index in [1.165, 1.54) is 0 Å². The molecule has 3 rings (SSSR count). The van der Waals surface area contributed by atoms with E-state index >= 15 is 0 Å². The van der Waals surface area contributed by atoms with Gasteiger partial charge < -0.3 is 9.80 Å². The monoisotopic (exact) mass is 398 g/mol. The molecule has 0 bridgehead atoms. The molecule has 0 radical (unpaired) electrons. The Labute approximate surface area is 170 Å². The highest BCUT2D eigenvalue weighted by Gasteiger charge is 2.23. The number of anilines is 1. The van der Waals surface area contributed by atoms with Gasteiger partial charge >= 0.3 is 0 Å². The molecule has 0 unspecified atom stereocenters. The molecule has 0 atom stereocenters. The van der Waals surface area contributed by atoms with Crippen LogP contribution in [0.15, 0.2) is 30.5 Å². The maximum absolute atomic E-state index is 11.8. The first-order chi connectivity index (χ1) is 13.3. The Kier molecular flexibility index (Phi) is 5.42. The standard InChI is InChI=1S/C21H25ClN5O/c1-24(2)11-14(12-25(3)4)18-15-9-7-8-10-17(15)27-20(19(18)22)16(13-28)23-21(27)26(5)6/h7-13H,1-6H3/q+1. The van der Waals surface area contributed by atoms with Gasteiger partial charge in [0, 0.05) is 45.3 Å². The number of aromatic nitrogens is 2. The third-order valence-electron chi connectivity index (χ3n) is 4.32. The Morgan fingerprint density at radius 2 is 1.86 bits per heavy atom. The molecular formula is C21H25ClN5O+. The topological polar surface area (TPSA) is 43.9 Å². The van der Waals surface area contributed by atoms with Gasteiger partial charge in [0.15, 0.2) is 12.5 Å². The molecule has 0 aliphatic rings. The summed E-state index contributed by atoms with van der Waals surface area (Å²) in [5, 5.41) is 1.50. The molecule has 146 valence electrons. The highest BCUT2D eigenvalue weighted by molar-refractivity contribution is 6.39. The van der Waals surface area contributed by atoms with Gasteiger partial charge in [-0.1, -0.05) is 29.8 Å². The molecular weight excluding hydrogens is 374 g/mol. The lowest BCUT2D eigenvalue weighted by atomic mass is 10.0. The van der Waals surface area contributed by atoms with Gasteiger partial charge in [-0.05, 0) is 6.07 Å². The van der Waals surface area contributed by atoms with Crippen LogP contribution in [0.2, 0.25) is 5.02 Å². The van der Waals surface area contributed by atoms with Crippen LogP contribution in [0.1, 0.15) is 16.1 Å². The summed E-state index contributed by atoms with van der Waals surface area (Å²) < 4.78 is 3.93. The van der Waals surface area contributed by atoms with Gasteiger partial charge in [-0.2, -0.15) is 0 Å². The molecule has 2 heterocycles. The molecule has 7 heteroatoms.